The Morgan fingerprint density at radius 1 is 0.923 bits per heavy atom. The highest BCUT2D eigenvalue weighted by atomic mass is 16.5. The third-order valence-corrected chi connectivity index (χ3v) is 6.53. The smallest absolute Gasteiger partial charge is 0.236 e. The van der Waals surface area contributed by atoms with Crippen LogP contribution in [0.2, 0.25) is 0 Å². The number of methoxy groups -OCH3 is 1. The van der Waals surface area contributed by atoms with Crippen LogP contribution >= 0.6 is 0 Å². The molecule has 0 saturated carbocycles. The van der Waals surface area contributed by atoms with Crippen LogP contribution in [0.4, 0.5) is 0 Å². The zero-order valence-corrected chi connectivity index (χ0v) is 23.3. The van der Waals surface area contributed by atoms with E-state index in [4.69, 9.17) is 14.2 Å². The van der Waals surface area contributed by atoms with Gasteiger partial charge in [-0.3, -0.25) is 4.79 Å². The Morgan fingerprint density at radius 2 is 1.69 bits per heavy atom. The lowest BCUT2D eigenvalue weighted by Gasteiger charge is -2.17. The first-order valence-corrected chi connectivity index (χ1v) is 13.8. The number of ketones is 1. The lowest BCUT2D eigenvalue weighted by Crippen LogP contribution is -2.13. The number of hydrogen-bond donors (Lipinski definition) is 0. The molecule has 0 aliphatic heterocycles. The first kappa shape index (κ1) is 29.7. The van der Waals surface area contributed by atoms with Crippen molar-refractivity contribution in [2.45, 2.75) is 71.2 Å². The minimum absolute atomic E-state index is 0.132. The van der Waals surface area contributed by atoms with E-state index >= 15 is 0 Å². The van der Waals surface area contributed by atoms with Crippen molar-refractivity contribution in [3.63, 3.8) is 0 Å². The maximum absolute atomic E-state index is 13.1. The monoisotopic (exact) mass is 524 g/mol. The van der Waals surface area contributed by atoms with E-state index in [1.54, 1.807) is 13.2 Å². The quantitative estimate of drug-likeness (QED) is 0.0624. The van der Waals surface area contributed by atoms with Crippen LogP contribution in [-0.4, -0.2) is 19.0 Å². The van der Waals surface area contributed by atoms with Crippen LogP contribution < -0.4 is 9.47 Å². The van der Waals surface area contributed by atoms with Crippen LogP contribution in [-0.2, 0) is 24.4 Å². The van der Waals surface area contributed by atoms with Crippen molar-refractivity contribution in [3.8, 4) is 23.3 Å². The highest BCUT2D eigenvalue weighted by Crippen LogP contribution is 2.25. The van der Waals surface area contributed by atoms with Crippen LogP contribution in [0.25, 0.3) is 0 Å². The van der Waals surface area contributed by atoms with Gasteiger partial charge in [0.15, 0.2) is 0 Å². The summed E-state index contributed by atoms with van der Waals surface area (Å²) >= 11 is 0. The number of Topliss-reactive ketones (excluding diaryl/α,β-unsaturated/α-hetero) is 1. The molecule has 0 saturated heterocycles. The Morgan fingerprint density at radius 3 is 2.41 bits per heavy atom. The summed E-state index contributed by atoms with van der Waals surface area (Å²) in [6.07, 6.45) is 8.37. The van der Waals surface area contributed by atoms with Crippen LogP contribution in [0.15, 0.2) is 85.5 Å². The van der Waals surface area contributed by atoms with Crippen molar-refractivity contribution in [3.05, 3.63) is 108 Å². The number of allylic oxidation sites excluding steroid dienone is 1. The summed E-state index contributed by atoms with van der Waals surface area (Å²) < 4.78 is 17.5. The van der Waals surface area contributed by atoms with E-state index in [1.165, 1.54) is 18.4 Å². The summed E-state index contributed by atoms with van der Waals surface area (Å²) in [7, 11) is 1.64. The summed E-state index contributed by atoms with van der Waals surface area (Å²) in [6, 6.07) is 23.5. The van der Waals surface area contributed by atoms with Gasteiger partial charge in [-0.25, -0.2) is 0 Å². The van der Waals surface area contributed by atoms with Crippen molar-refractivity contribution in [2.24, 2.45) is 0 Å². The SMILES string of the molecule is C=CCc1c(OCc2ccc(OC)cc2)cccc1C(=O)C#CCCC(CCCCC)OCc1ccccc1. The number of benzene rings is 3. The second kappa shape index (κ2) is 16.9. The summed E-state index contributed by atoms with van der Waals surface area (Å²) in [5, 5.41) is 0. The van der Waals surface area contributed by atoms with Gasteiger partial charge in [0.05, 0.1) is 19.8 Å². The molecule has 0 fully saturated rings. The molecule has 3 rings (SSSR count). The van der Waals surface area contributed by atoms with Gasteiger partial charge in [-0.05, 0) is 60.6 Å². The fourth-order valence-corrected chi connectivity index (χ4v) is 4.32. The molecule has 0 heterocycles. The number of hydrogen-bond acceptors (Lipinski definition) is 4. The third kappa shape index (κ3) is 10.1. The minimum Gasteiger partial charge on any atom is -0.497 e. The van der Waals surface area contributed by atoms with E-state index in [2.05, 4.69) is 37.5 Å². The lowest BCUT2D eigenvalue weighted by atomic mass is 9.99. The van der Waals surface area contributed by atoms with Gasteiger partial charge in [0.1, 0.15) is 18.1 Å². The van der Waals surface area contributed by atoms with E-state index < -0.39 is 0 Å². The second-order valence-electron chi connectivity index (χ2n) is 9.50. The highest BCUT2D eigenvalue weighted by molar-refractivity contribution is 6.10. The number of rotatable bonds is 16. The average molecular weight is 525 g/mol. The maximum Gasteiger partial charge on any atom is 0.236 e. The second-order valence-corrected chi connectivity index (χ2v) is 9.50. The van der Waals surface area contributed by atoms with E-state index in [0.717, 1.165) is 36.1 Å². The molecule has 4 nitrogen and oxygen atoms in total. The first-order chi connectivity index (χ1) is 19.1. The fourth-order valence-electron chi connectivity index (χ4n) is 4.32. The van der Waals surface area contributed by atoms with Crippen molar-refractivity contribution in [1.29, 1.82) is 0 Å². The van der Waals surface area contributed by atoms with Gasteiger partial charge in [0.25, 0.3) is 0 Å². The number of ether oxygens (including phenoxy) is 3. The van der Waals surface area contributed by atoms with Gasteiger partial charge < -0.3 is 14.2 Å². The van der Waals surface area contributed by atoms with Gasteiger partial charge in [0, 0.05) is 17.5 Å². The third-order valence-electron chi connectivity index (χ3n) is 6.53. The van der Waals surface area contributed by atoms with Crippen LogP contribution in [0.1, 0.15) is 72.5 Å². The van der Waals surface area contributed by atoms with Crippen molar-refractivity contribution in [2.75, 3.05) is 7.11 Å². The summed E-state index contributed by atoms with van der Waals surface area (Å²) in [5.41, 5.74) is 3.56. The Labute approximate surface area is 234 Å². The summed E-state index contributed by atoms with van der Waals surface area (Å²) in [6.45, 7) is 7.06. The first-order valence-electron chi connectivity index (χ1n) is 13.8. The Balaban J connectivity index is 1.62. The molecule has 4 heteroatoms. The Kier molecular flexibility index (Phi) is 12.9. The topological polar surface area (TPSA) is 44.8 Å². The molecule has 0 bridgehead atoms. The molecule has 3 aromatic rings. The van der Waals surface area contributed by atoms with Gasteiger partial charge in [-0.1, -0.05) is 86.7 Å². The minimum atomic E-state index is -0.200. The Bertz CT molecular complexity index is 1220. The van der Waals surface area contributed by atoms with Crippen molar-refractivity contribution >= 4 is 5.78 Å². The molecule has 0 aromatic heterocycles. The molecule has 1 unspecified atom stereocenters. The van der Waals surface area contributed by atoms with Crippen LogP contribution in [0.3, 0.4) is 0 Å². The lowest BCUT2D eigenvalue weighted by molar-refractivity contribution is 0.0288. The molecular weight excluding hydrogens is 484 g/mol. The van der Waals surface area contributed by atoms with Gasteiger partial charge in [0.2, 0.25) is 5.78 Å². The number of unbranched alkanes of at least 4 members (excludes halogenated alkanes) is 2. The largest absolute Gasteiger partial charge is 0.497 e. The zero-order valence-electron chi connectivity index (χ0n) is 23.3. The molecule has 0 radical (unpaired) electrons. The van der Waals surface area contributed by atoms with E-state index in [1.807, 2.05) is 60.7 Å². The average Bonchev–Trinajstić information content (AvgIpc) is 2.98. The van der Waals surface area contributed by atoms with E-state index in [-0.39, 0.29) is 11.9 Å². The molecule has 1 atom stereocenters. The predicted molar refractivity (Wildman–Crippen MR) is 158 cm³/mol. The van der Waals surface area contributed by atoms with Crippen LogP contribution in [0, 0.1) is 11.8 Å². The van der Waals surface area contributed by atoms with E-state index in [9.17, 15) is 4.79 Å². The zero-order chi connectivity index (χ0) is 27.7. The number of carbonyl (C=O) groups is 1. The van der Waals surface area contributed by atoms with E-state index in [0.29, 0.717) is 37.4 Å². The Hall–Kier alpha value is -3.81. The predicted octanol–water partition coefficient (Wildman–Crippen LogP) is 8.13. The summed E-state index contributed by atoms with van der Waals surface area (Å²) in [5.74, 6) is 7.23. The molecule has 0 N–H and O–H groups in total. The molecule has 0 spiro atoms. The molecule has 0 amide bonds. The number of carbonyl (C=O) groups excluding carboxylic acids is 1. The van der Waals surface area contributed by atoms with Gasteiger partial charge in [-0.15, -0.1) is 6.58 Å². The molecular formula is C35H40O4. The molecule has 0 aliphatic rings. The summed E-state index contributed by atoms with van der Waals surface area (Å²) in [4.78, 5) is 13.1. The van der Waals surface area contributed by atoms with Gasteiger partial charge in [-0.2, -0.15) is 0 Å². The van der Waals surface area contributed by atoms with Crippen LogP contribution in [0.5, 0.6) is 11.5 Å². The van der Waals surface area contributed by atoms with Crippen molar-refractivity contribution < 1.29 is 19.0 Å². The van der Waals surface area contributed by atoms with Crippen molar-refractivity contribution in [1.82, 2.24) is 0 Å². The highest BCUT2D eigenvalue weighted by Gasteiger charge is 2.14. The normalized spacial score (nSPS) is 11.2. The maximum atomic E-state index is 13.1. The fraction of sp³-hybridized carbons (Fsp3) is 0.343. The molecule has 39 heavy (non-hydrogen) atoms. The molecule has 3 aromatic carbocycles. The molecule has 204 valence electrons. The van der Waals surface area contributed by atoms with Gasteiger partial charge >= 0.3 is 0 Å². The standard InChI is InChI=1S/C35H40O4/c1-4-6-8-17-31(38-26-28-15-9-7-10-16-28)18-11-12-20-34(36)32-19-13-21-35(33(32)14-5-2)39-27-29-22-24-30(37-3)25-23-29/h5,7,9-10,13,15-16,19,21-25,31H,2,4,6,8,11,14,17-18,26-27H2,1,3H3. The molecule has 0 aliphatic carbocycles.